The lowest BCUT2D eigenvalue weighted by atomic mass is 10.0. The van der Waals surface area contributed by atoms with E-state index in [-0.39, 0.29) is 5.97 Å². The van der Waals surface area contributed by atoms with Crippen molar-refractivity contribution in [1.29, 1.82) is 0 Å². The molecule has 14 heavy (non-hydrogen) atoms. The Bertz CT molecular complexity index is 345. The molecule has 0 aliphatic carbocycles. The van der Waals surface area contributed by atoms with Gasteiger partial charge in [-0.1, -0.05) is 26.0 Å². The maximum absolute atomic E-state index is 11.4. The van der Waals surface area contributed by atoms with Gasteiger partial charge in [-0.25, -0.2) is 4.79 Å². The van der Waals surface area contributed by atoms with Gasteiger partial charge in [-0.15, -0.1) is 0 Å². The van der Waals surface area contributed by atoms with E-state index in [0.29, 0.717) is 11.5 Å². The Labute approximate surface area is 92.4 Å². The molecule has 0 bridgehead atoms. The summed E-state index contributed by atoms with van der Waals surface area (Å²) < 4.78 is 5.52. The van der Waals surface area contributed by atoms with E-state index in [4.69, 9.17) is 0 Å². The molecule has 1 rings (SSSR count). The SMILES string of the molecule is COC(=O)c1cccc(C(C)C)c1Br. The fraction of sp³-hybridized carbons (Fsp3) is 0.364. The Balaban J connectivity index is 3.20. The third kappa shape index (κ3) is 2.15. The van der Waals surface area contributed by atoms with Crippen molar-refractivity contribution in [3.8, 4) is 0 Å². The van der Waals surface area contributed by atoms with Crippen molar-refractivity contribution in [3.63, 3.8) is 0 Å². The van der Waals surface area contributed by atoms with Gasteiger partial charge in [-0.2, -0.15) is 0 Å². The first-order valence-corrected chi connectivity index (χ1v) is 5.24. The van der Waals surface area contributed by atoms with Gasteiger partial charge in [-0.05, 0) is 33.5 Å². The van der Waals surface area contributed by atoms with Crippen LogP contribution in [0.25, 0.3) is 0 Å². The van der Waals surface area contributed by atoms with E-state index in [0.717, 1.165) is 10.0 Å². The molecule has 1 aromatic rings. The molecule has 0 aromatic heterocycles. The third-order valence-electron chi connectivity index (χ3n) is 2.06. The van der Waals surface area contributed by atoms with Crippen molar-refractivity contribution < 1.29 is 9.53 Å². The van der Waals surface area contributed by atoms with E-state index >= 15 is 0 Å². The number of methoxy groups -OCH3 is 1. The quantitative estimate of drug-likeness (QED) is 0.759. The van der Waals surface area contributed by atoms with Gasteiger partial charge in [0.2, 0.25) is 0 Å². The zero-order valence-corrected chi connectivity index (χ0v) is 10.1. The van der Waals surface area contributed by atoms with Gasteiger partial charge in [0.1, 0.15) is 0 Å². The predicted molar refractivity (Wildman–Crippen MR) is 59.6 cm³/mol. The number of rotatable bonds is 2. The summed E-state index contributed by atoms with van der Waals surface area (Å²) in [4.78, 5) is 11.4. The van der Waals surface area contributed by atoms with Crippen LogP contribution in [0.1, 0.15) is 35.7 Å². The molecule has 76 valence electrons. The molecule has 3 heteroatoms. The largest absolute Gasteiger partial charge is 0.465 e. The van der Waals surface area contributed by atoms with Gasteiger partial charge in [0.05, 0.1) is 12.7 Å². The number of carbonyl (C=O) groups excluding carboxylic acids is 1. The Morgan fingerprint density at radius 1 is 1.43 bits per heavy atom. The van der Waals surface area contributed by atoms with E-state index in [1.54, 1.807) is 6.07 Å². The summed E-state index contributed by atoms with van der Waals surface area (Å²) in [6.07, 6.45) is 0. The molecule has 0 unspecified atom stereocenters. The van der Waals surface area contributed by atoms with Crippen LogP contribution < -0.4 is 0 Å². The fourth-order valence-corrected chi connectivity index (χ4v) is 2.15. The van der Waals surface area contributed by atoms with Crippen molar-refractivity contribution >= 4 is 21.9 Å². The number of hydrogen-bond acceptors (Lipinski definition) is 2. The molecule has 0 spiro atoms. The first-order valence-electron chi connectivity index (χ1n) is 4.44. The van der Waals surface area contributed by atoms with E-state index in [1.807, 2.05) is 12.1 Å². The number of carbonyl (C=O) groups is 1. The molecule has 0 fully saturated rings. The summed E-state index contributed by atoms with van der Waals surface area (Å²) in [5.74, 6) is 0.0772. The van der Waals surface area contributed by atoms with E-state index in [2.05, 4.69) is 34.5 Å². The standard InChI is InChI=1S/C11H13BrO2/c1-7(2)8-5-4-6-9(10(8)12)11(13)14-3/h4-7H,1-3H3. The van der Waals surface area contributed by atoms with Gasteiger partial charge in [0, 0.05) is 4.47 Å². The monoisotopic (exact) mass is 256 g/mol. The van der Waals surface area contributed by atoms with E-state index in [9.17, 15) is 4.79 Å². The van der Waals surface area contributed by atoms with Crippen molar-refractivity contribution in [3.05, 3.63) is 33.8 Å². The fourth-order valence-electron chi connectivity index (χ4n) is 1.26. The summed E-state index contributed by atoms with van der Waals surface area (Å²) >= 11 is 3.42. The molecule has 1 aromatic carbocycles. The summed E-state index contributed by atoms with van der Waals surface area (Å²) in [5.41, 5.74) is 1.70. The minimum atomic E-state index is -0.306. The normalized spacial score (nSPS) is 10.4. The van der Waals surface area contributed by atoms with Crippen LogP contribution in [0.5, 0.6) is 0 Å². The zero-order valence-electron chi connectivity index (χ0n) is 8.50. The second-order valence-electron chi connectivity index (χ2n) is 3.36. The van der Waals surface area contributed by atoms with Crippen LogP contribution >= 0.6 is 15.9 Å². The number of ether oxygens (including phenoxy) is 1. The van der Waals surface area contributed by atoms with Crippen LogP contribution in [-0.2, 0) is 4.74 Å². The number of hydrogen-bond donors (Lipinski definition) is 0. The van der Waals surface area contributed by atoms with Crippen molar-refractivity contribution in [2.24, 2.45) is 0 Å². The average molecular weight is 257 g/mol. The summed E-state index contributed by atoms with van der Waals surface area (Å²) in [6, 6.07) is 5.62. The minimum Gasteiger partial charge on any atom is -0.465 e. The van der Waals surface area contributed by atoms with Crippen LogP contribution in [0.3, 0.4) is 0 Å². The van der Waals surface area contributed by atoms with Crippen LogP contribution in [0, 0.1) is 0 Å². The summed E-state index contributed by atoms with van der Waals surface area (Å²) in [6.45, 7) is 4.17. The van der Waals surface area contributed by atoms with Gasteiger partial charge in [0.15, 0.2) is 0 Å². The lowest BCUT2D eigenvalue weighted by Gasteiger charge is -2.10. The highest BCUT2D eigenvalue weighted by Crippen LogP contribution is 2.28. The van der Waals surface area contributed by atoms with Crippen LogP contribution in [0.15, 0.2) is 22.7 Å². The molecule has 0 radical (unpaired) electrons. The van der Waals surface area contributed by atoms with Crippen LogP contribution in [-0.4, -0.2) is 13.1 Å². The van der Waals surface area contributed by atoms with Crippen LogP contribution in [0.2, 0.25) is 0 Å². The Hall–Kier alpha value is -0.830. The molecule has 0 amide bonds. The zero-order chi connectivity index (χ0) is 10.7. The topological polar surface area (TPSA) is 26.3 Å². The molecule has 0 aliphatic heterocycles. The average Bonchev–Trinajstić information content (AvgIpc) is 2.16. The highest BCUT2D eigenvalue weighted by molar-refractivity contribution is 9.10. The van der Waals surface area contributed by atoms with Crippen molar-refractivity contribution in [2.45, 2.75) is 19.8 Å². The van der Waals surface area contributed by atoms with E-state index in [1.165, 1.54) is 7.11 Å². The van der Waals surface area contributed by atoms with Gasteiger partial charge in [-0.3, -0.25) is 0 Å². The number of halogens is 1. The van der Waals surface area contributed by atoms with Gasteiger partial charge in [0.25, 0.3) is 0 Å². The molecule has 0 heterocycles. The van der Waals surface area contributed by atoms with Crippen LogP contribution in [0.4, 0.5) is 0 Å². The summed E-state index contributed by atoms with van der Waals surface area (Å²) in [5, 5.41) is 0. The lowest BCUT2D eigenvalue weighted by Crippen LogP contribution is -2.04. The second-order valence-corrected chi connectivity index (χ2v) is 4.15. The molecular formula is C11H13BrO2. The Morgan fingerprint density at radius 3 is 2.57 bits per heavy atom. The maximum atomic E-state index is 11.4. The number of esters is 1. The molecule has 0 saturated heterocycles. The molecule has 0 atom stereocenters. The first-order chi connectivity index (χ1) is 6.57. The third-order valence-corrected chi connectivity index (χ3v) is 2.94. The van der Waals surface area contributed by atoms with Crippen molar-refractivity contribution in [1.82, 2.24) is 0 Å². The molecule has 0 N–H and O–H groups in total. The Kier molecular flexibility index (Phi) is 3.69. The second kappa shape index (κ2) is 4.60. The molecule has 0 aliphatic rings. The molecule has 0 saturated carbocycles. The van der Waals surface area contributed by atoms with Gasteiger partial charge < -0.3 is 4.74 Å². The smallest absolute Gasteiger partial charge is 0.339 e. The minimum absolute atomic E-state index is 0.306. The summed E-state index contributed by atoms with van der Waals surface area (Å²) in [7, 11) is 1.39. The molecule has 2 nitrogen and oxygen atoms in total. The lowest BCUT2D eigenvalue weighted by molar-refractivity contribution is 0.0599. The van der Waals surface area contributed by atoms with Crippen molar-refractivity contribution in [2.75, 3.05) is 7.11 Å². The number of benzene rings is 1. The maximum Gasteiger partial charge on any atom is 0.339 e. The Morgan fingerprint density at radius 2 is 2.07 bits per heavy atom. The van der Waals surface area contributed by atoms with Gasteiger partial charge >= 0.3 is 5.97 Å². The predicted octanol–water partition coefficient (Wildman–Crippen LogP) is 3.36. The van der Waals surface area contributed by atoms with E-state index < -0.39 is 0 Å². The molecular weight excluding hydrogens is 244 g/mol. The highest BCUT2D eigenvalue weighted by atomic mass is 79.9. The highest BCUT2D eigenvalue weighted by Gasteiger charge is 2.14. The first kappa shape index (κ1) is 11.2.